The van der Waals surface area contributed by atoms with Crippen LogP contribution in [0.2, 0.25) is 0 Å². The minimum atomic E-state index is -0.588. The molecule has 4 heteroatoms. The fourth-order valence-electron chi connectivity index (χ4n) is 1.55. The van der Waals surface area contributed by atoms with E-state index in [1.807, 2.05) is 0 Å². The maximum atomic E-state index is 13.0. The summed E-state index contributed by atoms with van der Waals surface area (Å²) in [6, 6.07) is 9.58. The average Bonchev–Trinajstić information content (AvgIpc) is 2.37. The predicted octanol–water partition coefficient (Wildman–Crippen LogP) is 2.49. The second-order valence-electron chi connectivity index (χ2n) is 3.69. The lowest BCUT2D eigenvalue weighted by Crippen LogP contribution is -2.14. The minimum Gasteiger partial charge on any atom is -0.364 e. The van der Waals surface area contributed by atoms with Crippen molar-refractivity contribution < 1.29 is 9.18 Å². The van der Waals surface area contributed by atoms with Crippen molar-refractivity contribution in [3.05, 3.63) is 65.2 Å². The average molecular weight is 242 g/mol. The third kappa shape index (κ3) is 2.79. The number of primary amides is 1. The van der Waals surface area contributed by atoms with Crippen LogP contribution in [0.5, 0.6) is 0 Å². The van der Waals surface area contributed by atoms with Crippen molar-refractivity contribution in [2.45, 2.75) is 0 Å². The Morgan fingerprint density at radius 1 is 1.22 bits per heavy atom. The third-order valence-corrected chi connectivity index (χ3v) is 2.38. The number of carbonyl (C=O) groups excluding carboxylic acids is 1. The molecule has 0 radical (unpaired) electrons. The molecule has 1 heterocycles. The van der Waals surface area contributed by atoms with E-state index in [1.165, 1.54) is 18.3 Å². The van der Waals surface area contributed by atoms with E-state index in [4.69, 9.17) is 5.73 Å². The van der Waals surface area contributed by atoms with E-state index in [2.05, 4.69) is 4.98 Å². The fraction of sp³-hybridized carbons (Fsp3) is 0. The summed E-state index contributed by atoms with van der Waals surface area (Å²) in [7, 11) is 0. The number of amides is 1. The van der Waals surface area contributed by atoms with E-state index in [-0.39, 0.29) is 11.5 Å². The van der Waals surface area contributed by atoms with E-state index in [9.17, 15) is 9.18 Å². The van der Waals surface area contributed by atoms with Gasteiger partial charge >= 0.3 is 0 Å². The molecule has 2 rings (SSSR count). The quantitative estimate of drug-likeness (QED) is 0.898. The van der Waals surface area contributed by atoms with Crippen molar-refractivity contribution in [3.63, 3.8) is 0 Å². The Labute approximate surface area is 104 Å². The summed E-state index contributed by atoms with van der Waals surface area (Å²) < 4.78 is 13.0. The molecule has 0 bridgehead atoms. The second kappa shape index (κ2) is 5.23. The zero-order chi connectivity index (χ0) is 13.0. The number of hydrogen-bond donors (Lipinski definition) is 1. The number of hydrogen-bond acceptors (Lipinski definition) is 2. The van der Waals surface area contributed by atoms with Crippen LogP contribution in [0, 0.1) is 5.82 Å². The first-order valence-electron chi connectivity index (χ1n) is 5.35. The summed E-state index contributed by atoms with van der Waals surface area (Å²) in [6.07, 6.45) is 4.88. The van der Waals surface area contributed by atoms with Crippen LogP contribution in [0.15, 0.2) is 42.6 Å². The zero-order valence-corrected chi connectivity index (χ0v) is 9.51. The number of carbonyl (C=O) groups is 1. The Morgan fingerprint density at radius 2 is 2.06 bits per heavy atom. The van der Waals surface area contributed by atoms with Crippen LogP contribution in [0.1, 0.15) is 21.6 Å². The highest BCUT2D eigenvalue weighted by atomic mass is 19.1. The summed E-state index contributed by atoms with van der Waals surface area (Å²) in [5, 5.41) is 0. The van der Waals surface area contributed by atoms with Gasteiger partial charge in [-0.25, -0.2) is 4.39 Å². The van der Waals surface area contributed by atoms with Crippen molar-refractivity contribution in [3.8, 4) is 0 Å². The van der Waals surface area contributed by atoms with Gasteiger partial charge in [-0.1, -0.05) is 30.4 Å². The van der Waals surface area contributed by atoms with Gasteiger partial charge < -0.3 is 5.73 Å². The molecule has 0 saturated heterocycles. The van der Waals surface area contributed by atoms with Crippen molar-refractivity contribution >= 4 is 18.1 Å². The van der Waals surface area contributed by atoms with Crippen LogP contribution < -0.4 is 5.73 Å². The molecule has 0 fully saturated rings. The second-order valence-corrected chi connectivity index (χ2v) is 3.69. The number of halogens is 1. The molecule has 2 aromatic rings. The number of aromatic nitrogens is 1. The third-order valence-electron chi connectivity index (χ3n) is 2.38. The Morgan fingerprint density at radius 3 is 2.78 bits per heavy atom. The largest absolute Gasteiger partial charge is 0.364 e. The van der Waals surface area contributed by atoms with Gasteiger partial charge in [-0.3, -0.25) is 9.78 Å². The standard InChI is InChI=1S/C14H11FN2O/c15-12-5-1-3-10(9-12)6-7-11-4-2-8-17-13(11)14(16)18/h1-9H,(H2,16,18)/b7-6+. The molecule has 3 nitrogen and oxygen atoms in total. The molecule has 90 valence electrons. The maximum absolute atomic E-state index is 13.0. The highest BCUT2D eigenvalue weighted by Crippen LogP contribution is 2.11. The van der Waals surface area contributed by atoms with Crippen LogP contribution in [0.3, 0.4) is 0 Å². The molecule has 0 atom stereocenters. The van der Waals surface area contributed by atoms with E-state index >= 15 is 0 Å². The van der Waals surface area contributed by atoms with Crippen LogP contribution in [-0.2, 0) is 0 Å². The molecule has 0 aliphatic heterocycles. The Hall–Kier alpha value is -2.49. The number of benzene rings is 1. The molecular formula is C14H11FN2O. The van der Waals surface area contributed by atoms with Gasteiger partial charge in [-0.15, -0.1) is 0 Å². The van der Waals surface area contributed by atoms with E-state index in [1.54, 1.807) is 36.4 Å². The SMILES string of the molecule is NC(=O)c1ncccc1/C=C/c1cccc(F)c1. The number of pyridine rings is 1. The molecule has 1 amide bonds. The van der Waals surface area contributed by atoms with Gasteiger partial charge in [0.25, 0.3) is 5.91 Å². The molecule has 18 heavy (non-hydrogen) atoms. The zero-order valence-electron chi connectivity index (χ0n) is 9.51. The van der Waals surface area contributed by atoms with Gasteiger partial charge in [0.2, 0.25) is 0 Å². The molecule has 0 aliphatic carbocycles. The lowest BCUT2D eigenvalue weighted by molar-refractivity contribution is 0.0995. The van der Waals surface area contributed by atoms with E-state index < -0.39 is 5.91 Å². The van der Waals surface area contributed by atoms with Gasteiger partial charge in [0.1, 0.15) is 11.5 Å². The van der Waals surface area contributed by atoms with Gasteiger partial charge in [0, 0.05) is 11.8 Å². The van der Waals surface area contributed by atoms with Gasteiger partial charge in [0.15, 0.2) is 0 Å². The summed E-state index contributed by atoms with van der Waals surface area (Å²) >= 11 is 0. The summed E-state index contributed by atoms with van der Waals surface area (Å²) in [6.45, 7) is 0. The van der Waals surface area contributed by atoms with Crippen LogP contribution in [0.25, 0.3) is 12.2 Å². The molecule has 0 saturated carbocycles. The van der Waals surface area contributed by atoms with Crippen LogP contribution in [-0.4, -0.2) is 10.9 Å². The molecule has 1 aromatic carbocycles. The van der Waals surface area contributed by atoms with Gasteiger partial charge in [-0.2, -0.15) is 0 Å². The van der Waals surface area contributed by atoms with Crippen LogP contribution >= 0.6 is 0 Å². The van der Waals surface area contributed by atoms with E-state index in [0.29, 0.717) is 11.1 Å². The maximum Gasteiger partial charge on any atom is 0.267 e. The van der Waals surface area contributed by atoms with Crippen molar-refractivity contribution in [2.24, 2.45) is 5.73 Å². The Kier molecular flexibility index (Phi) is 3.48. The molecule has 0 unspecified atom stereocenters. The molecule has 0 spiro atoms. The highest BCUT2D eigenvalue weighted by molar-refractivity contribution is 5.95. The van der Waals surface area contributed by atoms with Crippen molar-refractivity contribution in [1.29, 1.82) is 0 Å². The first-order valence-corrected chi connectivity index (χ1v) is 5.35. The Bertz CT molecular complexity index is 608. The fourth-order valence-corrected chi connectivity index (χ4v) is 1.55. The smallest absolute Gasteiger partial charge is 0.267 e. The van der Waals surface area contributed by atoms with E-state index in [0.717, 1.165) is 0 Å². The molecule has 0 aliphatic rings. The van der Waals surface area contributed by atoms with Crippen molar-refractivity contribution in [1.82, 2.24) is 4.98 Å². The summed E-state index contributed by atoms with van der Waals surface area (Å²) in [4.78, 5) is 15.1. The first-order chi connectivity index (χ1) is 8.66. The molecular weight excluding hydrogens is 231 g/mol. The summed E-state index contributed by atoms with van der Waals surface area (Å²) in [5.74, 6) is -0.895. The normalized spacial score (nSPS) is 10.7. The van der Waals surface area contributed by atoms with Gasteiger partial charge in [-0.05, 0) is 23.8 Å². The Balaban J connectivity index is 2.32. The van der Waals surface area contributed by atoms with Gasteiger partial charge in [0.05, 0.1) is 0 Å². The topological polar surface area (TPSA) is 56.0 Å². The molecule has 1 aromatic heterocycles. The summed E-state index contributed by atoms with van der Waals surface area (Å²) in [5.41, 5.74) is 6.72. The van der Waals surface area contributed by atoms with Crippen LogP contribution in [0.4, 0.5) is 4.39 Å². The highest BCUT2D eigenvalue weighted by Gasteiger charge is 2.05. The monoisotopic (exact) mass is 242 g/mol. The lowest BCUT2D eigenvalue weighted by Gasteiger charge is -2.00. The minimum absolute atomic E-state index is 0.199. The predicted molar refractivity (Wildman–Crippen MR) is 68.1 cm³/mol. The first kappa shape index (κ1) is 12.0. The number of rotatable bonds is 3. The lowest BCUT2D eigenvalue weighted by atomic mass is 10.1. The molecule has 2 N–H and O–H groups in total. The number of nitrogens with zero attached hydrogens (tertiary/aromatic N) is 1. The number of nitrogens with two attached hydrogens (primary N) is 1. The van der Waals surface area contributed by atoms with Crippen molar-refractivity contribution in [2.75, 3.05) is 0 Å².